The van der Waals surface area contributed by atoms with E-state index in [9.17, 15) is 9.59 Å². The topological polar surface area (TPSA) is 84.7 Å². The molecule has 6 nitrogen and oxygen atoms in total. The molecule has 0 heterocycles. The molecule has 1 rings (SSSR count). The lowest BCUT2D eigenvalue weighted by Gasteiger charge is -2.24. The van der Waals surface area contributed by atoms with E-state index >= 15 is 0 Å². The zero-order valence-electron chi connectivity index (χ0n) is 14.2. The highest BCUT2D eigenvalue weighted by Crippen LogP contribution is 2.12. The van der Waals surface area contributed by atoms with Crippen LogP contribution >= 0.6 is 0 Å². The fraction of sp³-hybridized carbons (Fsp3) is 0.529. The van der Waals surface area contributed by atoms with Crippen LogP contribution in [0.5, 0.6) is 5.75 Å². The maximum absolute atomic E-state index is 12.0. The predicted octanol–water partition coefficient (Wildman–Crippen LogP) is 1.29. The summed E-state index contributed by atoms with van der Waals surface area (Å²) in [5.74, 6) is 0.259. The second kappa shape index (κ2) is 9.84. The van der Waals surface area contributed by atoms with Gasteiger partial charge in [0.05, 0.1) is 19.7 Å². The first-order chi connectivity index (χ1) is 10.9. The van der Waals surface area contributed by atoms with Gasteiger partial charge in [0.1, 0.15) is 5.75 Å². The summed E-state index contributed by atoms with van der Waals surface area (Å²) in [6.07, 6.45) is 0.968. The van der Waals surface area contributed by atoms with Gasteiger partial charge in [-0.1, -0.05) is 19.1 Å². The van der Waals surface area contributed by atoms with Gasteiger partial charge in [0.25, 0.3) is 0 Å². The van der Waals surface area contributed by atoms with Crippen LogP contribution in [-0.2, 0) is 16.1 Å². The van der Waals surface area contributed by atoms with Crippen molar-refractivity contribution in [1.29, 1.82) is 0 Å². The van der Waals surface area contributed by atoms with Crippen LogP contribution in [0.15, 0.2) is 24.3 Å². The van der Waals surface area contributed by atoms with Crippen molar-refractivity contribution in [3.63, 3.8) is 0 Å². The highest BCUT2D eigenvalue weighted by molar-refractivity contribution is 5.80. The summed E-state index contributed by atoms with van der Waals surface area (Å²) in [7, 11) is 0. The second-order valence-electron chi connectivity index (χ2n) is 5.73. The van der Waals surface area contributed by atoms with Gasteiger partial charge >= 0.3 is 0 Å². The first kappa shape index (κ1) is 19.0. The molecule has 3 N–H and O–H groups in total. The van der Waals surface area contributed by atoms with Crippen molar-refractivity contribution >= 4 is 11.8 Å². The summed E-state index contributed by atoms with van der Waals surface area (Å²) in [6, 6.07) is 7.71. The number of nitrogens with zero attached hydrogens (tertiary/aromatic N) is 1. The summed E-state index contributed by atoms with van der Waals surface area (Å²) >= 11 is 0. The Morgan fingerprint density at radius 1 is 1.22 bits per heavy atom. The third kappa shape index (κ3) is 7.65. The highest BCUT2D eigenvalue weighted by atomic mass is 16.5. The molecule has 0 radical (unpaired) electrons. The van der Waals surface area contributed by atoms with Gasteiger partial charge in [0.15, 0.2) is 0 Å². The molecule has 23 heavy (non-hydrogen) atoms. The van der Waals surface area contributed by atoms with E-state index in [2.05, 4.69) is 12.2 Å². The standard InChI is InChI=1S/C17H27N3O3/c1-4-9-23-15-7-5-14(6-8-15)10-19-17(22)12-20(13(2)3)11-16(18)21/h5-8,13H,4,9-12H2,1-3H3,(H2,18,21)(H,19,22). The number of carbonyl (C=O) groups is 2. The van der Waals surface area contributed by atoms with E-state index in [4.69, 9.17) is 10.5 Å². The van der Waals surface area contributed by atoms with Crippen LogP contribution in [0.3, 0.4) is 0 Å². The molecule has 0 aliphatic carbocycles. The van der Waals surface area contributed by atoms with Gasteiger partial charge in [-0.05, 0) is 38.0 Å². The van der Waals surface area contributed by atoms with Gasteiger partial charge in [-0.15, -0.1) is 0 Å². The Kier molecular flexibility index (Phi) is 8.11. The molecule has 0 unspecified atom stereocenters. The number of benzene rings is 1. The normalized spacial score (nSPS) is 10.8. The van der Waals surface area contributed by atoms with Gasteiger partial charge < -0.3 is 15.8 Å². The smallest absolute Gasteiger partial charge is 0.234 e. The van der Waals surface area contributed by atoms with Crippen LogP contribution in [0.1, 0.15) is 32.8 Å². The van der Waals surface area contributed by atoms with Crippen molar-refractivity contribution < 1.29 is 14.3 Å². The lowest BCUT2D eigenvalue weighted by Crippen LogP contribution is -2.44. The molecule has 0 atom stereocenters. The van der Waals surface area contributed by atoms with Crippen molar-refractivity contribution in [3.8, 4) is 5.75 Å². The lowest BCUT2D eigenvalue weighted by atomic mass is 10.2. The van der Waals surface area contributed by atoms with Crippen LogP contribution in [-0.4, -0.2) is 42.5 Å². The maximum atomic E-state index is 12.0. The largest absolute Gasteiger partial charge is 0.494 e. The Balaban J connectivity index is 2.44. The van der Waals surface area contributed by atoms with E-state index in [0.29, 0.717) is 13.2 Å². The monoisotopic (exact) mass is 321 g/mol. The van der Waals surface area contributed by atoms with Crippen LogP contribution in [0, 0.1) is 0 Å². The second-order valence-corrected chi connectivity index (χ2v) is 5.73. The summed E-state index contributed by atoms with van der Waals surface area (Å²) < 4.78 is 5.51. The van der Waals surface area contributed by atoms with E-state index in [1.807, 2.05) is 38.1 Å². The molecular formula is C17H27N3O3. The van der Waals surface area contributed by atoms with Gasteiger partial charge in [-0.25, -0.2) is 0 Å². The maximum Gasteiger partial charge on any atom is 0.234 e. The molecule has 0 saturated carbocycles. The number of amides is 2. The minimum atomic E-state index is -0.436. The molecule has 0 saturated heterocycles. The Labute approximate surface area is 138 Å². The van der Waals surface area contributed by atoms with Gasteiger partial charge in [0.2, 0.25) is 11.8 Å². The average molecular weight is 321 g/mol. The SMILES string of the molecule is CCCOc1ccc(CNC(=O)CN(CC(N)=O)C(C)C)cc1. The summed E-state index contributed by atoms with van der Waals surface area (Å²) in [5.41, 5.74) is 6.19. The zero-order chi connectivity index (χ0) is 17.2. The number of hydrogen-bond donors (Lipinski definition) is 2. The third-order valence-corrected chi connectivity index (χ3v) is 3.32. The first-order valence-electron chi connectivity index (χ1n) is 7.93. The molecule has 0 spiro atoms. The van der Waals surface area contributed by atoms with Crippen LogP contribution in [0.25, 0.3) is 0 Å². The van der Waals surface area contributed by atoms with Crippen molar-refractivity contribution in [3.05, 3.63) is 29.8 Å². The molecule has 0 fully saturated rings. The van der Waals surface area contributed by atoms with E-state index in [0.717, 1.165) is 17.7 Å². The molecule has 0 aromatic heterocycles. The Morgan fingerprint density at radius 3 is 2.39 bits per heavy atom. The summed E-state index contributed by atoms with van der Waals surface area (Å²) in [4.78, 5) is 24.7. The van der Waals surface area contributed by atoms with Gasteiger partial charge in [-0.3, -0.25) is 14.5 Å². The van der Waals surface area contributed by atoms with E-state index in [1.165, 1.54) is 0 Å². The molecule has 128 valence electrons. The van der Waals surface area contributed by atoms with Gasteiger partial charge in [0, 0.05) is 12.6 Å². The number of hydrogen-bond acceptors (Lipinski definition) is 4. The summed E-state index contributed by atoms with van der Waals surface area (Å²) in [6.45, 7) is 7.27. The number of carbonyl (C=O) groups excluding carboxylic acids is 2. The average Bonchev–Trinajstić information content (AvgIpc) is 2.50. The number of nitrogens with two attached hydrogens (primary N) is 1. The quantitative estimate of drug-likeness (QED) is 0.680. The highest BCUT2D eigenvalue weighted by Gasteiger charge is 2.15. The molecule has 2 amide bonds. The Bertz CT molecular complexity index is 500. The number of rotatable bonds is 10. The fourth-order valence-electron chi connectivity index (χ4n) is 1.99. The molecule has 1 aromatic carbocycles. The minimum absolute atomic E-state index is 0.0725. The van der Waals surface area contributed by atoms with Crippen LogP contribution < -0.4 is 15.8 Å². The van der Waals surface area contributed by atoms with E-state index < -0.39 is 5.91 Å². The summed E-state index contributed by atoms with van der Waals surface area (Å²) in [5, 5.41) is 2.85. The molecule has 0 aliphatic heterocycles. The van der Waals surface area contributed by atoms with E-state index in [1.54, 1.807) is 4.90 Å². The van der Waals surface area contributed by atoms with E-state index in [-0.39, 0.29) is 25.0 Å². The molecular weight excluding hydrogens is 294 g/mol. The minimum Gasteiger partial charge on any atom is -0.494 e. The van der Waals surface area contributed by atoms with Crippen molar-refractivity contribution in [1.82, 2.24) is 10.2 Å². The van der Waals surface area contributed by atoms with Crippen molar-refractivity contribution in [2.24, 2.45) is 5.73 Å². The Morgan fingerprint density at radius 2 is 1.87 bits per heavy atom. The van der Waals surface area contributed by atoms with Crippen LogP contribution in [0.4, 0.5) is 0 Å². The number of ether oxygens (including phenoxy) is 1. The fourth-order valence-corrected chi connectivity index (χ4v) is 1.99. The van der Waals surface area contributed by atoms with Crippen molar-refractivity contribution in [2.75, 3.05) is 19.7 Å². The predicted molar refractivity (Wildman–Crippen MR) is 90.0 cm³/mol. The number of primary amides is 1. The van der Waals surface area contributed by atoms with Crippen molar-refractivity contribution in [2.45, 2.75) is 39.8 Å². The third-order valence-electron chi connectivity index (χ3n) is 3.32. The zero-order valence-corrected chi connectivity index (χ0v) is 14.2. The Hall–Kier alpha value is -2.08. The first-order valence-corrected chi connectivity index (χ1v) is 7.93. The molecule has 0 bridgehead atoms. The molecule has 1 aromatic rings. The van der Waals surface area contributed by atoms with Crippen LogP contribution in [0.2, 0.25) is 0 Å². The number of nitrogens with one attached hydrogen (secondary N) is 1. The molecule has 0 aliphatic rings. The lowest BCUT2D eigenvalue weighted by molar-refractivity contribution is -0.124. The van der Waals surface area contributed by atoms with Gasteiger partial charge in [-0.2, -0.15) is 0 Å². The molecule has 6 heteroatoms.